The molecule has 1 aliphatic rings. The lowest BCUT2D eigenvalue weighted by molar-refractivity contribution is 0.164. The van der Waals surface area contributed by atoms with Crippen LogP contribution in [-0.2, 0) is 0 Å². The van der Waals surface area contributed by atoms with Crippen LogP contribution in [0.2, 0.25) is 0 Å². The molecule has 0 amide bonds. The standard InChI is InChI=1S/C17H33NS/c1-4-6-11-16(3)17(15-19-14-5-2)18-12-9-7-8-10-13-18/h5,14,16-17H,4,6-13,15H2,1-3H3. The summed E-state index contributed by atoms with van der Waals surface area (Å²) in [5, 5.41) is 2.26. The normalized spacial score (nSPS) is 21.4. The predicted molar refractivity (Wildman–Crippen MR) is 89.8 cm³/mol. The molecule has 1 heterocycles. The molecule has 1 rings (SSSR count). The third kappa shape index (κ3) is 6.85. The van der Waals surface area contributed by atoms with Crippen molar-refractivity contribution in [1.82, 2.24) is 4.90 Å². The van der Waals surface area contributed by atoms with E-state index in [1.807, 2.05) is 11.8 Å². The van der Waals surface area contributed by atoms with Crippen LogP contribution in [0.5, 0.6) is 0 Å². The highest BCUT2D eigenvalue weighted by Crippen LogP contribution is 2.24. The average molecular weight is 284 g/mol. The third-order valence-corrected chi connectivity index (χ3v) is 5.28. The van der Waals surface area contributed by atoms with E-state index in [0.29, 0.717) is 0 Å². The van der Waals surface area contributed by atoms with Gasteiger partial charge in [0.2, 0.25) is 0 Å². The number of allylic oxidation sites excluding steroid dienone is 1. The van der Waals surface area contributed by atoms with E-state index < -0.39 is 0 Å². The van der Waals surface area contributed by atoms with Crippen LogP contribution in [0.3, 0.4) is 0 Å². The molecule has 0 spiro atoms. The molecule has 0 N–H and O–H groups in total. The van der Waals surface area contributed by atoms with Crippen molar-refractivity contribution in [2.45, 2.75) is 71.8 Å². The second-order valence-corrected chi connectivity index (χ2v) is 6.88. The zero-order valence-electron chi connectivity index (χ0n) is 13.2. The molecular weight excluding hydrogens is 250 g/mol. The number of unbranched alkanes of at least 4 members (excludes halogenated alkanes) is 1. The summed E-state index contributed by atoms with van der Waals surface area (Å²) in [6.07, 6.45) is 12.0. The van der Waals surface area contributed by atoms with Crippen LogP contribution >= 0.6 is 11.8 Å². The monoisotopic (exact) mass is 283 g/mol. The number of hydrogen-bond donors (Lipinski definition) is 0. The zero-order chi connectivity index (χ0) is 13.9. The summed E-state index contributed by atoms with van der Waals surface area (Å²) in [6.45, 7) is 9.56. The Kier molecular flexibility index (Phi) is 9.71. The smallest absolute Gasteiger partial charge is 0.0215 e. The van der Waals surface area contributed by atoms with E-state index in [1.54, 1.807) is 0 Å². The largest absolute Gasteiger partial charge is 0.299 e. The molecule has 2 heteroatoms. The molecule has 0 saturated carbocycles. The molecule has 0 aromatic carbocycles. The van der Waals surface area contributed by atoms with Crippen LogP contribution in [0, 0.1) is 5.92 Å². The molecule has 0 aliphatic carbocycles. The molecule has 1 nitrogen and oxygen atoms in total. The lowest BCUT2D eigenvalue weighted by atomic mass is 9.95. The molecule has 2 unspecified atom stereocenters. The van der Waals surface area contributed by atoms with Crippen LogP contribution in [0.15, 0.2) is 11.5 Å². The maximum atomic E-state index is 2.80. The number of likely N-dealkylation sites (tertiary alicyclic amines) is 1. The van der Waals surface area contributed by atoms with Crippen molar-refractivity contribution >= 4 is 11.8 Å². The Morgan fingerprint density at radius 1 is 1.16 bits per heavy atom. The predicted octanol–water partition coefficient (Wildman–Crippen LogP) is 5.32. The second kappa shape index (κ2) is 10.8. The number of thioether (sulfide) groups is 1. The first-order valence-corrected chi connectivity index (χ1v) is 9.31. The van der Waals surface area contributed by atoms with Crippen molar-refractivity contribution < 1.29 is 0 Å². The molecule has 1 fully saturated rings. The highest BCUT2D eigenvalue weighted by Gasteiger charge is 2.24. The summed E-state index contributed by atoms with van der Waals surface area (Å²) in [5.74, 6) is 2.12. The van der Waals surface area contributed by atoms with Crippen LogP contribution in [0.25, 0.3) is 0 Å². The van der Waals surface area contributed by atoms with Crippen LogP contribution in [0.1, 0.15) is 65.7 Å². The van der Waals surface area contributed by atoms with Crippen LogP contribution < -0.4 is 0 Å². The fourth-order valence-corrected chi connectivity index (χ4v) is 4.07. The van der Waals surface area contributed by atoms with Crippen LogP contribution in [-0.4, -0.2) is 29.8 Å². The average Bonchev–Trinajstić information content (AvgIpc) is 2.70. The van der Waals surface area contributed by atoms with Gasteiger partial charge >= 0.3 is 0 Å². The highest BCUT2D eigenvalue weighted by molar-refractivity contribution is 8.02. The minimum Gasteiger partial charge on any atom is -0.299 e. The van der Waals surface area contributed by atoms with Gasteiger partial charge in [0, 0.05) is 11.8 Å². The first-order valence-electron chi connectivity index (χ1n) is 8.26. The van der Waals surface area contributed by atoms with E-state index >= 15 is 0 Å². The van der Waals surface area contributed by atoms with E-state index in [0.717, 1.165) is 12.0 Å². The van der Waals surface area contributed by atoms with E-state index in [1.165, 1.54) is 63.8 Å². The first kappa shape index (κ1) is 17.1. The van der Waals surface area contributed by atoms with Gasteiger partial charge in [-0.15, -0.1) is 11.8 Å². The third-order valence-electron chi connectivity index (χ3n) is 4.28. The summed E-state index contributed by atoms with van der Waals surface area (Å²) < 4.78 is 0. The zero-order valence-corrected chi connectivity index (χ0v) is 14.1. The summed E-state index contributed by atoms with van der Waals surface area (Å²) in [5.41, 5.74) is 0. The van der Waals surface area contributed by atoms with E-state index in [-0.39, 0.29) is 0 Å². The Morgan fingerprint density at radius 2 is 1.84 bits per heavy atom. The maximum absolute atomic E-state index is 2.80. The molecule has 2 atom stereocenters. The second-order valence-electron chi connectivity index (χ2n) is 5.94. The van der Waals surface area contributed by atoms with Gasteiger partial charge in [0.25, 0.3) is 0 Å². The highest BCUT2D eigenvalue weighted by atomic mass is 32.2. The Bertz CT molecular complexity index is 231. The fraction of sp³-hybridized carbons (Fsp3) is 0.882. The van der Waals surface area contributed by atoms with Crippen molar-refractivity contribution in [2.24, 2.45) is 5.92 Å². The Labute approximate surface area is 125 Å². The fourth-order valence-electron chi connectivity index (χ4n) is 3.03. The molecule has 19 heavy (non-hydrogen) atoms. The van der Waals surface area contributed by atoms with Crippen molar-refractivity contribution in [2.75, 3.05) is 18.8 Å². The van der Waals surface area contributed by atoms with Crippen LogP contribution in [0.4, 0.5) is 0 Å². The van der Waals surface area contributed by atoms with Gasteiger partial charge in [0.05, 0.1) is 0 Å². The number of rotatable bonds is 8. The quantitative estimate of drug-likeness (QED) is 0.593. The summed E-state index contributed by atoms with van der Waals surface area (Å²) in [6, 6.07) is 0.783. The minimum absolute atomic E-state index is 0.783. The first-order chi connectivity index (χ1) is 9.29. The summed E-state index contributed by atoms with van der Waals surface area (Å²) in [7, 11) is 0. The van der Waals surface area contributed by atoms with Crippen molar-refractivity contribution in [3.05, 3.63) is 11.5 Å². The van der Waals surface area contributed by atoms with Gasteiger partial charge < -0.3 is 0 Å². The Hall–Kier alpha value is 0.0500. The molecule has 0 aromatic heterocycles. The van der Waals surface area contributed by atoms with Crippen molar-refractivity contribution in [3.63, 3.8) is 0 Å². The van der Waals surface area contributed by atoms with E-state index in [2.05, 4.69) is 37.2 Å². The SMILES string of the molecule is CC=CSCC(C(C)CCCC)N1CCCCCC1. The van der Waals surface area contributed by atoms with Gasteiger partial charge in [0.1, 0.15) is 0 Å². The van der Waals surface area contributed by atoms with Gasteiger partial charge in [-0.25, -0.2) is 0 Å². The Morgan fingerprint density at radius 3 is 2.42 bits per heavy atom. The van der Waals surface area contributed by atoms with Gasteiger partial charge in [-0.3, -0.25) is 4.90 Å². The number of hydrogen-bond acceptors (Lipinski definition) is 2. The van der Waals surface area contributed by atoms with E-state index in [9.17, 15) is 0 Å². The topological polar surface area (TPSA) is 3.24 Å². The minimum atomic E-state index is 0.783. The number of nitrogens with zero attached hydrogens (tertiary/aromatic N) is 1. The lowest BCUT2D eigenvalue weighted by Gasteiger charge is -2.35. The molecule has 1 saturated heterocycles. The van der Waals surface area contributed by atoms with E-state index in [4.69, 9.17) is 0 Å². The van der Waals surface area contributed by atoms with Crippen molar-refractivity contribution in [3.8, 4) is 0 Å². The van der Waals surface area contributed by atoms with Gasteiger partial charge in [-0.1, -0.05) is 45.6 Å². The molecule has 0 bridgehead atoms. The summed E-state index contributed by atoms with van der Waals surface area (Å²) in [4.78, 5) is 2.80. The Balaban J connectivity index is 2.54. The van der Waals surface area contributed by atoms with Gasteiger partial charge in [0.15, 0.2) is 0 Å². The molecular formula is C17H33NS. The molecule has 0 radical (unpaired) electrons. The lowest BCUT2D eigenvalue weighted by Crippen LogP contribution is -2.42. The summed E-state index contributed by atoms with van der Waals surface area (Å²) >= 11 is 2.00. The molecule has 0 aromatic rings. The molecule has 112 valence electrons. The van der Waals surface area contributed by atoms with Gasteiger partial charge in [-0.2, -0.15) is 0 Å². The van der Waals surface area contributed by atoms with Gasteiger partial charge in [-0.05, 0) is 50.6 Å². The van der Waals surface area contributed by atoms with Crippen molar-refractivity contribution in [1.29, 1.82) is 0 Å². The maximum Gasteiger partial charge on any atom is 0.0215 e. The molecule has 1 aliphatic heterocycles.